The van der Waals surface area contributed by atoms with Crippen LogP contribution in [0.2, 0.25) is 0 Å². The summed E-state index contributed by atoms with van der Waals surface area (Å²) in [6.45, 7) is 11.7. The van der Waals surface area contributed by atoms with Crippen molar-refractivity contribution in [2.75, 3.05) is 0 Å². The Morgan fingerprint density at radius 3 is 2.48 bits per heavy atom. The maximum absolute atomic E-state index is 12.8. The smallest absolute Gasteiger partial charge is 0.337 e. The van der Waals surface area contributed by atoms with E-state index < -0.39 is 58.8 Å². The Morgan fingerprint density at radius 2 is 1.84 bits per heavy atom. The minimum atomic E-state index is -1.35. The van der Waals surface area contributed by atoms with E-state index in [-0.39, 0.29) is 35.5 Å². The third-order valence-corrected chi connectivity index (χ3v) is 7.75. The fraction of sp³-hybridized carbons (Fsp3) is 0.682. The molecule has 0 radical (unpaired) electrons. The Kier molecular flexibility index (Phi) is 3.97. The van der Waals surface area contributed by atoms with Crippen LogP contribution in [0.25, 0.3) is 0 Å². The first-order valence-electron chi connectivity index (χ1n) is 10.4. The molecule has 168 valence electrons. The van der Waals surface area contributed by atoms with Gasteiger partial charge in [-0.25, -0.2) is 9.59 Å². The summed E-state index contributed by atoms with van der Waals surface area (Å²) >= 11 is 0. The molecule has 9 heteroatoms. The van der Waals surface area contributed by atoms with E-state index in [1.54, 1.807) is 6.92 Å². The summed E-state index contributed by atoms with van der Waals surface area (Å²) in [5, 5.41) is 11.5. The van der Waals surface area contributed by atoms with Crippen LogP contribution in [0.5, 0.6) is 0 Å². The van der Waals surface area contributed by atoms with Crippen molar-refractivity contribution in [3.63, 3.8) is 0 Å². The van der Waals surface area contributed by atoms with Gasteiger partial charge in [0.2, 0.25) is 0 Å². The first-order chi connectivity index (χ1) is 14.3. The Labute approximate surface area is 179 Å². The lowest BCUT2D eigenvalue weighted by atomic mass is 9.74. The second-order valence-electron chi connectivity index (χ2n) is 9.65. The highest BCUT2D eigenvalue weighted by atomic mass is 16.7. The van der Waals surface area contributed by atoms with E-state index in [2.05, 4.69) is 6.58 Å². The largest absolute Gasteiger partial charge is 0.458 e. The zero-order chi connectivity index (χ0) is 22.7. The molecule has 1 spiro atoms. The molecule has 9 atom stereocenters. The molecule has 0 aromatic rings. The van der Waals surface area contributed by atoms with Crippen LogP contribution < -0.4 is 0 Å². The number of carbonyl (C=O) groups excluding carboxylic acids is 3. The normalized spacial score (nSPS) is 49.5. The lowest BCUT2D eigenvalue weighted by Gasteiger charge is -2.36. The summed E-state index contributed by atoms with van der Waals surface area (Å²) in [4.78, 5) is 36.5. The van der Waals surface area contributed by atoms with Gasteiger partial charge in [0.05, 0.1) is 23.0 Å². The molecule has 31 heavy (non-hydrogen) atoms. The van der Waals surface area contributed by atoms with Crippen molar-refractivity contribution in [1.29, 1.82) is 0 Å². The van der Waals surface area contributed by atoms with Gasteiger partial charge in [-0.3, -0.25) is 4.79 Å². The van der Waals surface area contributed by atoms with E-state index in [9.17, 15) is 19.5 Å². The summed E-state index contributed by atoms with van der Waals surface area (Å²) in [6.07, 6.45) is -2.02. The first kappa shape index (κ1) is 20.7. The summed E-state index contributed by atoms with van der Waals surface area (Å²) < 4.78 is 28.4. The second kappa shape index (κ2) is 5.96. The minimum Gasteiger partial charge on any atom is -0.458 e. The van der Waals surface area contributed by atoms with Crippen LogP contribution in [0.1, 0.15) is 41.0 Å². The molecule has 0 aromatic carbocycles. The van der Waals surface area contributed by atoms with E-state index in [0.29, 0.717) is 0 Å². The van der Waals surface area contributed by atoms with Gasteiger partial charge in [0.15, 0.2) is 0 Å². The minimum absolute atomic E-state index is 0.0330. The molecule has 0 aromatic heterocycles. The van der Waals surface area contributed by atoms with Gasteiger partial charge in [0.25, 0.3) is 0 Å². The van der Waals surface area contributed by atoms with Gasteiger partial charge in [-0.2, -0.15) is 0 Å². The number of allylic oxidation sites excluding steroid dienone is 1. The summed E-state index contributed by atoms with van der Waals surface area (Å²) in [7, 11) is 0. The van der Waals surface area contributed by atoms with Crippen molar-refractivity contribution >= 4 is 17.9 Å². The molecule has 5 fully saturated rings. The van der Waals surface area contributed by atoms with Crippen molar-refractivity contribution in [2.24, 2.45) is 11.8 Å². The fourth-order valence-corrected chi connectivity index (χ4v) is 6.10. The summed E-state index contributed by atoms with van der Waals surface area (Å²) in [6, 6.07) is 0. The summed E-state index contributed by atoms with van der Waals surface area (Å²) in [5.41, 5.74) is -2.56. The number of ether oxygens (including phenoxy) is 5. The van der Waals surface area contributed by atoms with Crippen molar-refractivity contribution in [3.8, 4) is 0 Å². The zero-order valence-electron chi connectivity index (χ0n) is 18.1. The van der Waals surface area contributed by atoms with Gasteiger partial charge in [-0.1, -0.05) is 6.58 Å². The SMILES string of the molecule is C=C1C(=O)O[C@H]2[C@H]1[C@H](OC(=O)/C(C)=C(\C)OC(C)=O)C[C@@](C)(O)[C@]13O[C@H]1[C@H]1O[C@@]1(C)[C@H]23. The monoisotopic (exact) mass is 434 g/mol. The Balaban J connectivity index is 1.51. The average molecular weight is 434 g/mol. The number of aliphatic hydroxyl groups is 1. The molecule has 0 unspecified atom stereocenters. The maximum Gasteiger partial charge on any atom is 0.337 e. The molecule has 9 nitrogen and oxygen atoms in total. The predicted molar refractivity (Wildman–Crippen MR) is 102 cm³/mol. The molecule has 0 amide bonds. The first-order valence-corrected chi connectivity index (χ1v) is 10.4. The Bertz CT molecular complexity index is 964. The van der Waals surface area contributed by atoms with Crippen LogP contribution in [0.4, 0.5) is 0 Å². The lowest BCUT2D eigenvalue weighted by molar-refractivity contribution is -0.150. The highest BCUT2D eigenvalue weighted by molar-refractivity contribution is 5.92. The summed E-state index contributed by atoms with van der Waals surface area (Å²) in [5.74, 6) is -2.77. The van der Waals surface area contributed by atoms with Crippen LogP contribution in [-0.2, 0) is 38.1 Å². The molecule has 5 aliphatic rings. The predicted octanol–water partition coefficient (Wildman–Crippen LogP) is 0.933. The van der Waals surface area contributed by atoms with Crippen LogP contribution in [0.15, 0.2) is 23.5 Å². The Morgan fingerprint density at radius 1 is 1.16 bits per heavy atom. The van der Waals surface area contributed by atoms with Gasteiger partial charge in [-0.15, -0.1) is 0 Å². The number of epoxide rings is 2. The molecule has 3 saturated heterocycles. The number of hydrogen-bond acceptors (Lipinski definition) is 9. The fourth-order valence-electron chi connectivity index (χ4n) is 6.10. The van der Waals surface area contributed by atoms with Gasteiger partial charge < -0.3 is 28.8 Å². The molecular formula is C22H26O9. The number of rotatable bonds is 3. The van der Waals surface area contributed by atoms with Crippen LogP contribution in [-0.4, -0.2) is 64.2 Å². The standard InChI is InChI=1S/C22H26O9/c1-8(10(3)27-11(4)23)18(24)28-12-7-20(5,26)22-15(14-13(12)9(2)19(25)29-14)21(6)16(30-21)17(22)31-22/h12-17,26H,2,7H2,1,3-6H3/b10-8+/t12-,13-,14+,15+,16-,17+,20-,21+,22-/m1/s1. The maximum atomic E-state index is 12.8. The molecular weight excluding hydrogens is 408 g/mol. The molecule has 2 aliphatic carbocycles. The number of hydrogen-bond donors (Lipinski definition) is 1. The third kappa shape index (κ3) is 2.51. The van der Waals surface area contributed by atoms with E-state index >= 15 is 0 Å². The topological polar surface area (TPSA) is 124 Å². The number of esters is 3. The van der Waals surface area contributed by atoms with Crippen molar-refractivity contribution in [3.05, 3.63) is 23.5 Å². The highest BCUT2D eigenvalue weighted by Gasteiger charge is 2.93. The zero-order valence-corrected chi connectivity index (χ0v) is 18.1. The van der Waals surface area contributed by atoms with Crippen LogP contribution in [0, 0.1) is 11.8 Å². The molecule has 5 rings (SSSR count). The Hall–Kier alpha value is -2.23. The van der Waals surface area contributed by atoms with Gasteiger partial charge in [0, 0.05) is 18.9 Å². The molecule has 3 heterocycles. The van der Waals surface area contributed by atoms with E-state index in [1.807, 2.05) is 6.92 Å². The quantitative estimate of drug-likeness (QED) is 0.227. The van der Waals surface area contributed by atoms with E-state index in [0.717, 1.165) is 0 Å². The van der Waals surface area contributed by atoms with Gasteiger partial charge >= 0.3 is 17.9 Å². The molecule has 1 N–H and O–H groups in total. The van der Waals surface area contributed by atoms with Gasteiger partial charge in [-0.05, 0) is 27.7 Å². The van der Waals surface area contributed by atoms with Gasteiger partial charge in [0.1, 0.15) is 41.4 Å². The van der Waals surface area contributed by atoms with Crippen LogP contribution in [0.3, 0.4) is 0 Å². The van der Waals surface area contributed by atoms with Crippen molar-refractivity contribution in [2.45, 2.75) is 82.3 Å². The third-order valence-electron chi connectivity index (χ3n) is 7.75. The molecule has 2 saturated carbocycles. The van der Waals surface area contributed by atoms with E-state index in [4.69, 9.17) is 23.7 Å². The second-order valence-corrected chi connectivity index (χ2v) is 9.65. The lowest BCUT2D eigenvalue weighted by Crippen LogP contribution is -2.53. The van der Waals surface area contributed by atoms with E-state index in [1.165, 1.54) is 20.8 Å². The van der Waals surface area contributed by atoms with Crippen molar-refractivity contribution in [1.82, 2.24) is 0 Å². The van der Waals surface area contributed by atoms with Crippen molar-refractivity contribution < 1.29 is 43.2 Å². The molecule has 0 bridgehead atoms. The highest BCUT2D eigenvalue weighted by Crippen LogP contribution is 2.75. The molecule has 3 aliphatic heterocycles. The van der Waals surface area contributed by atoms with Crippen LogP contribution >= 0.6 is 0 Å². The number of carbonyl (C=O) groups is 3. The average Bonchev–Trinajstić information content (AvgIpc) is 3.51. The number of fused-ring (bicyclic) bond motifs is 5.